The van der Waals surface area contributed by atoms with Crippen molar-refractivity contribution in [3.05, 3.63) is 78.0 Å². The second kappa shape index (κ2) is 5.94. The Balaban J connectivity index is 1.76. The maximum Gasteiger partial charge on any atom is 0.178 e. The third-order valence-corrected chi connectivity index (χ3v) is 3.89. The first-order chi connectivity index (χ1) is 11.8. The Morgan fingerprint density at radius 2 is 1.88 bits per heavy atom. The van der Waals surface area contributed by atoms with Crippen molar-refractivity contribution in [3.8, 4) is 17.2 Å². The molecule has 0 atom stereocenters. The summed E-state index contributed by atoms with van der Waals surface area (Å²) in [5, 5.41) is 17.7. The molecule has 24 heavy (non-hydrogen) atoms. The van der Waals surface area contributed by atoms with E-state index < -0.39 is 0 Å². The molecule has 5 nitrogen and oxygen atoms in total. The van der Waals surface area contributed by atoms with Crippen molar-refractivity contribution in [2.24, 2.45) is 0 Å². The van der Waals surface area contributed by atoms with Crippen molar-refractivity contribution in [1.82, 2.24) is 20.0 Å². The lowest BCUT2D eigenvalue weighted by Gasteiger charge is -2.08. The van der Waals surface area contributed by atoms with Gasteiger partial charge >= 0.3 is 0 Å². The van der Waals surface area contributed by atoms with E-state index in [-0.39, 0.29) is 0 Å². The van der Waals surface area contributed by atoms with Crippen LogP contribution < -0.4 is 0 Å². The summed E-state index contributed by atoms with van der Waals surface area (Å²) in [4.78, 5) is 4.34. The first kappa shape index (κ1) is 14.1. The minimum absolute atomic E-state index is 0.555. The topological polar surface area (TPSA) is 67.4 Å². The van der Waals surface area contributed by atoms with Crippen LogP contribution in [0.25, 0.3) is 22.3 Å². The first-order valence-electron chi connectivity index (χ1n) is 7.58. The lowest BCUT2D eigenvalue weighted by Crippen LogP contribution is -2.03. The number of hydrogen-bond donors (Lipinski definition) is 0. The molecule has 0 bridgehead atoms. The molecule has 2 aromatic carbocycles. The van der Waals surface area contributed by atoms with Crippen LogP contribution in [0.4, 0.5) is 0 Å². The highest BCUT2D eigenvalue weighted by Gasteiger charge is 2.09. The first-order valence-corrected chi connectivity index (χ1v) is 7.58. The third-order valence-electron chi connectivity index (χ3n) is 3.89. The van der Waals surface area contributed by atoms with Gasteiger partial charge in [-0.1, -0.05) is 41.6 Å². The fourth-order valence-corrected chi connectivity index (χ4v) is 2.73. The summed E-state index contributed by atoms with van der Waals surface area (Å²) < 4.78 is 1.77. The van der Waals surface area contributed by atoms with Crippen LogP contribution in [0.5, 0.6) is 0 Å². The molecule has 4 aromatic rings. The van der Waals surface area contributed by atoms with Gasteiger partial charge in [-0.05, 0) is 41.0 Å². The molecule has 5 heteroatoms. The molecule has 0 radical (unpaired) electrons. The Morgan fingerprint density at radius 3 is 2.71 bits per heavy atom. The number of aromatic nitrogens is 4. The standard InChI is InChI=1S/C19H13N5/c20-12-16-9-8-14(11-17(16)15-5-2-1-3-6-15)13-24-19-18(22-23-24)7-4-10-21-19/h1-11H,13H2. The summed E-state index contributed by atoms with van der Waals surface area (Å²) in [5.74, 6) is 0. The molecule has 0 unspecified atom stereocenters. The van der Waals surface area contributed by atoms with E-state index in [0.717, 1.165) is 27.9 Å². The van der Waals surface area contributed by atoms with Gasteiger partial charge in [0, 0.05) is 6.20 Å². The SMILES string of the molecule is N#Cc1ccc(Cn2nnc3cccnc32)cc1-c1ccccc1. The summed E-state index contributed by atoms with van der Waals surface area (Å²) in [7, 11) is 0. The summed E-state index contributed by atoms with van der Waals surface area (Å²) in [6, 6.07) is 21.7. The Hall–Kier alpha value is -3.52. The summed E-state index contributed by atoms with van der Waals surface area (Å²) in [6.07, 6.45) is 1.73. The molecule has 0 aliphatic rings. The normalized spacial score (nSPS) is 10.6. The van der Waals surface area contributed by atoms with E-state index in [1.807, 2.05) is 60.7 Å². The van der Waals surface area contributed by atoms with E-state index in [0.29, 0.717) is 12.1 Å². The van der Waals surface area contributed by atoms with Crippen molar-refractivity contribution >= 4 is 11.2 Å². The van der Waals surface area contributed by atoms with Gasteiger partial charge in [-0.3, -0.25) is 0 Å². The van der Waals surface area contributed by atoms with E-state index >= 15 is 0 Å². The lowest BCUT2D eigenvalue weighted by atomic mass is 9.98. The fourth-order valence-electron chi connectivity index (χ4n) is 2.73. The Labute approximate surface area is 138 Å². The van der Waals surface area contributed by atoms with Crippen LogP contribution in [0.1, 0.15) is 11.1 Å². The van der Waals surface area contributed by atoms with Crippen LogP contribution in [-0.4, -0.2) is 20.0 Å². The molecule has 2 aromatic heterocycles. The van der Waals surface area contributed by atoms with Gasteiger partial charge in [0.2, 0.25) is 0 Å². The van der Waals surface area contributed by atoms with Gasteiger partial charge in [0.05, 0.1) is 18.2 Å². The molecule has 0 aliphatic carbocycles. The second-order valence-electron chi connectivity index (χ2n) is 5.45. The van der Waals surface area contributed by atoms with E-state index in [2.05, 4.69) is 21.4 Å². The molecule has 0 saturated carbocycles. The molecule has 4 rings (SSSR count). The highest BCUT2D eigenvalue weighted by atomic mass is 15.4. The minimum atomic E-state index is 0.555. The average Bonchev–Trinajstić information content (AvgIpc) is 3.05. The summed E-state index contributed by atoms with van der Waals surface area (Å²) in [6.45, 7) is 0.555. The predicted molar refractivity (Wildman–Crippen MR) is 91.0 cm³/mol. The minimum Gasteiger partial charge on any atom is -0.235 e. The zero-order valence-electron chi connectivity index (χ0n) is 12.8. The molecule has 0 spiro atoms. The number of rotatable bonds is 3. The Kier molecular flexibility index (Phi) is 3.49. The van der Waals surface area contributed by atoms with Gasteiger partial charge < -0.3 is 0 Å². The predicted octanol–water partition coefficient (Wildman–Crippen LogP) is 3.41. The van der Waals surface area contributed by atoms with Crippen molar-refractivity contribution in [2.75, 3.05) is 0 Å². The molecular formula is C19H13N5. The smallest absolute Gasteiger partial charge is 0.178 e. The fraction of sp³-hybridized carbons (Fsp3) is 0.0526. The van der Waals surface area contributed by atoms with Crippen LogP contribution in [-0.2, 0) is 6.54 Å². The van der Waals surface area contributed by atoms with Gasteiger partial charge in [-0.15, -0.1) is 5.10 Å². The number of benzene rings is 2. The van der Waals surface area contributed by atoms with Crippen LogP contribution in [0.15, 0.2) is 66.9 Å². The maximum atomic E-state index is 9.38. The zero-order valence-corrected chi connectivity index (χ0v) is 12.8. The average molecular weight is 311 g/mol. The quantitative estimate of drug-likeness (QED) is 0.581. The number of nitrogens with zero attached hydrogens (tertiary/aromatic N) is 5. The molecule has 0 aliphatic heterocycles. The van der Waals surface area contributed by atoms with Crippen molar-refractivity contribution in [3.63, 3.8) is 0 Å². The Morgan fingerprint density at radius 1 is 1.00 bits per heavy atom. The third kappa shape index (κ3) is 2.50. The molecule has 0 N–H and O–H groups in total. The van der Waals surface area contributed by atoms with Gasteiger partial charge in [-0.2, -0.15) is 5.26 Å². The molecular weight excluding hydrogens is 298 g/mol. The van der Waals surface area contributed by atoms with Gasteiger partial charge in [0.25, 0.3) is 0 Å². The van der Waals surface area contributed by atoms with E-state index in [1.54, 1.807) is 10.9 Å². The highest BCUT2D eigenvalue weighted by Crippen LogP contribution is 2.25. The number of nitriles is 1. The lowest BCUT2D eigenvalue weighted by molar-refractivity contribution is 0.664. The van der Waals surface area contributed by atoms with Crippen molar-refractivity contribution in [2.45, 2.75) is 6.54 Å². The monoisotopic (exact) mass is 311 g/mol. The molecule has 2 heterocycles. The number of pyridine rings is 1. The van der Waals surface area contributed by atoms with E-state index in [1.165, 1.54) is 0 Å². The van der Waals surface area contributed by atoms with Crippen LogP contribution in [0.2, 0.25) is 0 Å². The molecule has 0 amide bonds. The largest absolute Gasteiger partial charge is 0.235 e. The van der Waals surface area contributed by atoms with E-state index in [4.69, 9.17) is 0 Å². The van der Waals surface area contributed by atoms with Gasteiger partial charge in [0.1, 0.15) is 5.52 Å². The molecule has 114 valence electrons. The number of fused-ring (bicyclic) bond motifs is 1. The number of hydrogen-bond acceptors (Lipinski definition) is 4. The van der Waals surface area contributed by atoms with Crippen LogP contribution in [0.3, 0.4) is 0 Å². The highest BCUT2D eigenvalue weighted by molar-refractivity contribution is 5.71. The summed E-state index contributed by atoms with van der Waals surface area (Å²) >= 11 is 0. The van der Waals surface area contributed by atoms with Gasteiger partial charge in [0.15, 0.2) is 5.65 Å². The molecule has 0 saturated heterocycles. The maximum absolute atomic E-state index is 9.38. The van der Waals surface area contributed by atoms with Crippen molar-refractivity contribution < 1.29 is 0 Å². The molecule has 0 fully saturated rings. The zero-order chi connectivity index (χ0) is 16.4. The van der Waals surface area contributed by atoms with Crippen molar-refractivity contribution in [1.29, 1.82) is 5.26 Å². The summed E-state index contributed by atoms with van der Waals surface area (Å²) in [5.41, 5.74) is 5.18. The van der Waals surface area contributed by atoms with Crippen LogP contribution in [0, 0.1) is 11.3 Å². The van der Waals surface area contributed by atoms with Crippen LogP contribution >= 0.6 is 0 Å². The Bertz CT molecular complexity index is 1040. The second-order valence-corrected chi connectivity index (χ2v) is 5.45. The van der Waals surface area contributed by atoms with E-state index in [9.17, 15) is 5.26 Å². The van der Waals surface area contributed by atoms with Gasteiger partial charge in [-0.25, -0.2) is 9.67 Å².